The van der Waals surface area contributed by atoms with Gasteiger partial charge in [-0.15, -0.1) is 16.4 Å². The van der Waals surface area contributed by atoms with Gasteiger partial charge in [0, 0.05) is 10.9 Å². The van der Waals surface area contributed by atoms with Crippen molar-refractivity contribution in [1.29, 1.82) is 0 Å². The van der Waals surface area contributed by atoms with Crippen molar-refractivity contribution in [3.63, 3.8) is 0 Å². The quantitative estimate of drug-likeness (QED) is 0.666. The molecule has 3 aromatic rings. The number of H-pyrrole nitrogens is 1. The fourth-order valence-electron chi connectivity index (χ4n) is 2.11. The van der Waals surface area contributed by atoms with Gasteiger partial charge in [-0.1, -0.05) is 13.8 Å². The third-order valence-corrected chi connectivity index (χ3v) is 4.67. The SMILES string of the molecule is COc1ccc(C(=O)Nn2c(-c3nc(C(C)C)cs3)n[nH]c2=S)cc1. The number of aromatic amines is 1. The third kappa shape index (κ3) is 3.62. The molecule has 1 aromatic carbocycles. The van der Waals surface area contributed by atoms with Gasteiger partial charge in [0.05, 0.1) is 12.8 Å². The number of rotatable bonds is 5. The van der Waals surface area contributed by atoms with E-state index in [1.807, 2.05) is 5.38 Å². The van der Waals surface area contributed by atoms with E-state index in [9.17, 15) is 4.79 Å². The highest BCUT2D eigenvalue weighted by molar-refractivity contribution is 7.71. The zero-order chi connectivity index (χ0) is 18.0. The van der Waals surface area contributed by atoms with Gasteiger partial charge in [0.1, 0.15) is 5.75 Å². The molecule has 7 nitrogen and oxygen atoms in total. The summed E-state index contributed by atoms with van der Waals surface area (Å²) < 4.78 is 6.82. The Balaban J connectivity index is 1.88. The first kappa shape index (κ1) is 17.3. The molecule has 0 unspecified atom stereocenters. The van der Waals surface area contributed by atoms with E-state index in [1.165, 1.54) is 16.0 Å². The Morgan fingerprint density at radius 2 is 2.08 bits per heavy atom. The number of benzene rings is 1. The maximum atomic E-state index is 12.5. The number of nitrogens with one attached hydrogen (secondary N) is 2. The molecular formula is C16H17N5O2S2. The van der Waals surface area contributed by atoms with Crippen LogP contribution in [0.2, 0.25) is 0 Å². The van der Waals surface area contributed by atoms with Crippen molar-refractivity contribution in [3.8, 4) is 16.6 Å². The van der Waals surface area contributed by atoms with Gasteiger partial charge < -0.3 is 4.74 Å². The fraction of sp³-hybridized carbons (Fsp3) is 0.250. The molecule has 1 amide bonds. The molecule has 3 rings (SSSR count). The smallest absolute Gasteiger partial charge is 0.270 e. The summed E-state index contributed by atoms with van der Waals surface area (Å²) in [5.41, 5.74) is 4.21. The molecule has 2 heterocycles. The molecule has 0 atom stereocenters. The van der Waals surface area contributed by atoms with Crippen molar-refractivity contribution < 1.29 is 9.53 Å². The minimum atomic E-state index is -0.304. The molecule has 25 heavy (non-hydrogen) atoms. The number of nitrogens with zero attached hydrogens (tertiary/aromatic N) is 3. The summed E-state index contributed by atoms with van der Waals surface area (Å²) in [5.74, 6) is 1.17. The second-order valence-corrected chi connectivity index (χ2v) is 6.83. The van der Waals surface area contributed by atoms with Crippen LogP contribution in [-0.2, 0) is 0 Å². The van der Waals surface area contributed by atoms with Gasteiger partial charge in [-0.2, -0.15) is 0 Å². The average molecular weight is 375 g/mol. The summed E-state index contributed by atoms with van der Waals surface area (Å²) in [6.07, 6.45) is 0. The number of hydrogen-bond acceptors (Lipinski definition) is 6. The maximum absolute atomic E-state index is 12.5. The number of amides is 1. The first-order chi connectivity index (χ1) is 12.0. The van der Waals surface area contributed by atoms with Gasteiger partial charge in [-0.3, -0.25) is 10.2 Å². The second-order valence-electron chi connectivity index (χ2n) is 5.59. The number of carbonyl (C=O) groups is 1. The lowest BCUT2D eigenvalue weighted by Crippen LogP contribution is -2.23. The topological polar surface area (TPSA) is 84.8 Å². The van der Waals surface area contributed by atoms with E-state index >= 15 is 0 Å². The maximum Gasteiger partial charge on any atom is 0.270 e. The van der Waals surface area contributed by atoms with Crippen LogP contribution in [0.15, 0.2) is 29.6 Å². The molecule has 130 valence electrons. The monoisotopic (exact) mass is 375 g/mol. The van der Waals surface area contributed by atoms with Crippen molar-refractivity contribution in [3.05, 3.63) is 45.7 Å². The van der Waals surface area contributed by atoms with Crippen LogP contribution in [0.4, 0.5) is 0 Å². The zero-order valence-electron chi connectivity index (χ0n) is 13.9. The van der Waals surface area contributed by atoms with Crippen LogP contribution in [-0.4, -0.2) is 32.9 Å². The fourth-order valence-corrected chi connectivity index (χ4v) is 3.24. The number of aromatic nitrogens is 4. The van der Waals surface area contributed by atoms with Gasteiger partial charge in [0.2, 0.25) is 10.6 Å². The highest BCUT2D eigenvalue weighted by Crippen LogP contribution is 2.25. The van der Waals surface area contributed by atoms with E-state index in [2.05, 4.69) is 34.5 Å². The van der Waals surface area contributed by atoms with Gasteiger partial charge in [-0.05, 0) is 42.4 Å². The van der Waals surface area contributed by atoms with Gasteiger partial charge in [0.15, 0.2) is 5.01 Å². The van der Waals surface area contributed by atoms with Gasteiger partial charge in [0.25, 0.3) is 5.91 Å². The van der Waals surface area contributed by atoms with Crippen molar-refractivity contribution in [1.82, 2.24) is 19.9 Å². The molecule has 0 aliphatic carbocycles. The first-order valence-corrected chi connectivity index (χ1v) is 8.87. The Morgan fingerprint density at radius 1 is 1.36 bits per heavy atom. The molecular weight excluding hydrogens is 358 g/mol. The van der Waals surface area contributed by atoms with E-state index in [0.29, 0.717) is 28.1 Å². The van der Waals surface area contributed by atoms with Crippen molar-refractivity contribution in [2.75, 3.05) is 12.5 Å². The van der Waals surface area contributed by atoms with Crippen LogP contribution in [0.25, 0.3) is 10.8 Å². The summed E-state index contributed by atoms with van der Waals surface area (Å²) >= 11 is 6.68. The molecule has 2 N–H and O–H groups in total. The lowest BCUT2D eigenvalue weighted by atomic mass is 10.2. The molecule has 0 fully saturated rings. The molecule has 9 heteroatoms. The van der Waals surface area contributed by atoms with Crippen molar-refractivity contribution in [2.45, 2.75) is 19.8 Å². The Bertz CT molecular complexity index is 940. The number of thiazole rings is 1. The lowest BCUT2D eigenvalue weighted by molar-refractivity contribution is 0.101. The normalized spacial score (nSPS) is 10.9. The summed E-state index contributed by atoms with van der Waals surface area (Å²) in [6.45, 7) is 4.14. The largest absolute Gasteiger partial charge is 0.497 e. The highest BCUT2D eigenvalue weighted by Gasteiger charge is 2.16. The third-order valence-electron chi connectivity index (χ3n) is 3.54. The standard InChI is InChI=1S/C16H17N5O2S2/c1-9(2)12-8-25-15(17-12)13-18-19-16(24)21(13)20-14(22)10-4-6-11(23-3)7-5-10/h4-9H,1-3H3,(H,19,24)(H,20,22). The number of carbonyl (C=O) groups excluding carboxylic acids is 1. The summed E-state index contributed by atoms with van der Waals surface area (Å²) in [6, 6.07) is 6.80. The van der Waals surface area contributed by atoms with Crippen LogP contribution in [0.5, 0.6) is 5.75 Å². The second kappa shape index (κ2) is 7.16. The van der Waals surface area contributed by atoms with Crippen molar-refractivity contribution >= 4 is 29.5 Å². The molecule has 0 radical (unpaired) electrons. The Kier molecular flexibility index (Phi) is 4.95. The van der Waals surface area contributed by atoms with Gasteiger partial charge in [-0.25, -0.2) is 14.8 Å². The predicted molar refractivity (Wildman–Crippen MR) is 99.3 cm³/mol. The van der Waals surface area contributed by atoms with E-state index in [-0.39, 0.29) is 10.7 Å². The first-order valence-electron chi connectivity index (χ1n) is 7.58. The number of hydrogen-bond donors (Lipinski definition) is 2. The molecule has 0 aliphatic rings. The molecule has 0 saturated carbocycles. The summed E-state index contributed by atoms with van der Waals surface area (Å²) in [7, 11) is 1.57. The van der Waals surface area contributed by atoms with Crippen molar-refractivity contribution in [2.24, 2.45) is 0 Å². The van der Waals surface area contributed by atoms with E-state index in [0.717, 1.165) is 5.69 Å². The Hall–Kier alpha value is -2.52. The number of methoxy groups -OCH3 is 1. The molecule has 0 spiro atoms. The van der Waals surface area contributed by atoms with E-state index < -0.39 is 0 Å². The summed E-state index contributed by atoms with van der Waals surface area (Å²) in [5, 5.41) is 9.55. The lowest BCUT2D eigenvalue weighted by Gasteiger charge is -2.08. The van der Waals surface area contributed by atoms with Gasteiger partial charge >= 0.3 is 0 Å². The number of ether oxygens (including phenoxy) is 1. The molecule has 0 aliphatic heterocycles. The average Bonchev–Trinajstić information content (AvgIpc) is 3.23. The van der Waals surface area contributed by atoms with Crippen LogP contribution in [0.1, 0.15) is 35.8 Å². The predicted octanol–water partition coefficient (Wildman–Crippen LogP) is 3.58. The molecule has 0 saturated heterocycles. The molecule has 2 aromatic heterocycles. The van der Waals surface area contributed by atoms with Crippen LogP contribution < -0.4 is 10.2 Å². The zero-order valence-corrected chi connectivity index (χ0v) is 15.6. The van der Waals surface area contributed by atoms with Crippen LogP contribution in [0, 0.1) is 4.77 Å². The Morgan fingerprint density at radius 3 is 2.68 bits per heavy atom. The minimum Gasteiger partial charge on any atom is -0.497 e. The molecule has 0 bridgehead atoms. The Labute approximate surface area is 153 Å². The minimum absolute atomic E-state index is 0.290. The van der Waals surface area contributed by atoms with Crippen LogP contribution >= 0.6 is 23.6 Å². The van der Waals surface area contributed by atoms with E-state index in [1.54, 1.807) is 31.4 Å². The van der Waals surface area contributed by atoms with Crippen LogP contribution in [0.3, 0.4) is 0 Å². The summed E-state index contributed by atoms with van der Waals surface area (Å²) in [4.78, 5) is 17.0. The highest BCUT2D eigenvalue weighted by atomic mass is 32.1. The van der Waals surface area contributed by atoms with E-state index in [4.69, 9.17) is 17.0 Å².